The normalized spacial score (nSPS) is 11.5. The van der Waals surface area contributed by atoms with E-state index in [0.717, 1.165) is 11.3 Å². The summed E-state index contributed by atoms with van der Waals surface area (Å²) >= 11 is 6.41. The minimum absolute atomic E-state index is 0.0110. The van der Waals surface area contributed by atoms with Gasteiger partial charge in [0.25, 0.3) is 0 Å². The second kappa shape index (κ2) is 8.03. The Hall–Kier alpha value is -3.16. The van der Waals surface area contributed by atoms with Crippen LogP contribution in [0.3, 0.4) is 0 Å². The lowest BCUT2D eigenvalue weighted by Gasteiger charge is -2.14. The minimum Gasteiger partial charge on any atom is -0.457 e. The van der Waals surface area contributed by atoms with Crippen molar-refractivity contribution in [2.75, 3.05) is 0 Å². The molecule has 0 fully saturated rings. The van der Waals surface area contributed by atoms with Crippen LogP contribution in [0, 0.1) is 18.3 Å². The van der Waals surface area contributed by atoms with E-state index in [2.05, 4.69) is 11.1 Å². The summed E-state index contributed by atoms with van der Waals surface area (Å²) in [5, 5.41) is 9.31. The van der Waals surface area contributed by atoms with Gasteiger partial charge in [-0.05, 0) is 61.0 Å². The first-order valence-corrected chi connectivity index (χ1v) is 8.80. The fraction of sp³-hybridized carbons (Fsp3) is 0.136. The van der Waals surface area contributed by atoms with E-state index in [1.54, 1.807) is 60.8 Å². The second-order valence-electron chi connectivity index (χ2n) is 6.19. The zero-order valence-electron chi connectivity index (χ0n) is 14.9. The quantitative estimate of drug-likeness (QED) is 0.536. The molecule has 0 saturated heterocycles. The van der Waals surface area contributed by atoms with Crippen molar-refractivity contribution in [3.8, 4) is 17.6 Å². The molecule has 1 atom stereocenters. The Morgan fingerprint density at radius 2 is 1.81 bits per heavy atom. The monoisotopic (exact) mass is 376 g/mol. The van der Waals surface area contributed by atoms with Crippen molar-refractivity contribution < 1.29 is 9.53 Å². The summed E-state index contributed by atoms with van der Waals surface area (Å²) in [5.74, 6) is 0.772. The van der Waals surface area contributed by atoms with Crippen LogP contribution in [-0.4, -0.2) is 10.8 Å². The molecular formula is C22H17ClN2O2. The van der Waals surface area contributed by atoms with Crippen molar-refractivity contribution >= 4 is 17.4 Å². The summed E-state index contributed by atoms with van der Waals surface area (Å²) < 4.78 is 5.77. The van der Waals surface area contributed by atoms with Gasteiger partial charge in [-0.3, -0.25) is 9.78 Å². The number of ether oxygens (including phenoxy) is 1. The van der Waals surface area contributed by atoms with E-state index in [1.165, 1.54) is 0 Å². The number of ketones is 1. The van der Waals surface area contributed by atoms with Crippen molar-refractivity contribution in [3.63, 3.8) is 0 Å². The van der Waals surface area contributed by atoms with Crippen molar-refractivity contribution in [1.29, 1.82) is 5.26 Å². The molecule has 0 radical (unpaired) electrons. The number of halogens is 1. The lowest BCUT2D eigenvalue weighted by atomic mass is 9.92. The number of nitriles is 1. The molecule has 134 valence electrons. The second-order valence-corrected chi connectivity index (χ2v) is 6.60. The molecule has 1 heterocycles. The van der Waals surface area contributed by atoms with E-state index in [9.17, 15) is 4.79 Å². The highest BCUT2D eigenvalue weighted by molar-refractivity contribution is 6.32. The van der Waals surface area contributed by atoms with Gasteiger partial charge >= 0.3 is 0 Å². The number of Topliss-reactive ketones (excluding diaryl/α,β-unsaturated/α-hetero) is 1. The molecule has 5 heteroatoms. The van der Waals surface area contributed by atoms with Gasteiger partial charge in [0.2, 0.25) is 0 Å². The molecule has 0 saturated carbocycles. The van der Waals surface area contributed by atoms with Crippen LogP contribution >= 0.6 is 11.6 Å². The molecule has 27 heavy (non-hydrogen) atoms. The van der Waals surface area contributed by atoms with Crippen molar-refractivity contribution in [3.05, 3.63) is 88.2 Å². The number of aryl methyl sites for hydroxylation is 1. The number of carbonyl (C=O) groups is 1. The Morgan fingerprint density at radius 3 is 2.44 bits per heavy atom. The Morgan fingerprint density at radius 1 is 1.11 bits per heavy atom. The SMILES string of the molecule is Cc1cc(C(=O)C(C)c2ccc(Oc3ccc(C#N)cc3)cc2Cl)ccn1. The molecule has 0 aliphatic carbocycles. The fourth-order valence-corrected chi connectivity index (χ4v) is 3.08. The van der Waals surface area contributed by atoms with Crippen LogP contribution in [0.5, 0.6) is 11.5 Å². The molecule has 0 aliphatic heterocycles. The van der Waals surface area contributed by atoms with E-state index >= 15 is 0 Å². The molecule has 0 aliphatic rings. The molecule has 0 bridgehead atoms. The maximum Gasteiger partial charge on any atom is 0.170 e. The van der Waals surface area contributed by atoms with E-state index in [4.69, 9.17) is 21.6 Å². The Labute approximate surface area is 163 Å². The molecule has 1 aromatic heterocycles. The topological polar surface area (TPSA) is 63.0 Å². The number of pyridine rings is 1. The third kappa shape index (κ3) is 4.33. The van der Waals surface area contributed by atoms with Gasteiger partial charge < -0.3 is 4.74 Å². The predicted octanol–water partition coefficient (Wildman–Crippen LogP) is 5.69. The van der Waals surface area contributed by atoms with Crippen molar-refractivity contribution in [1.82, 2.24) is 4.98 Å². The van der Waals surface area contributed by atoms with Crippen LogP contribution in [0.25, 0.3) is 0 Å². The number of rotatable bonds is 5. The number of benzene rings is 2. The van der Waals surface area contributed by atoms with E-state index in [-0.39, 0.29) is 11.7 Å². The van der Waals surface area contributed by atoms with Crippen LogP contribution in [-0.2, 0) is 0 Å². The summed E-state index contributed by atoms with van der Waals surface area (Å²) in [6.45, 7) is 3.68. The van der Waals surface area contributed by atoms with Gasteiger partial charge in [-0.25, -0.2) is 0 Å². The highest BCUT2D eigenvalue weighted by Crippen LogP contribution is 2.32. The maximum atomic E-state index is 12.7. The third-order valence-corrected chi connectivity index (χ3v) is 4.56. The highest BCUT2D eigenvalue weighted by atomic mass is 35.5. The van der Waals surface area contributed by atoms with E-state index in [0.29, 0.717) is 27.6 Å². The van der Waals surface area contributed by atoms with Gasteiger partial charge in [0.05, 0.1) is 11.6 Å². The van der Waals surface area contributed by atoms with Gasteiger partial charge in [0.15, 0.2) is 5.78 Å². The van der Waals surface area contributed by atoms with Crippen LogP contribution in [0.15, 0.2) is 60.8 Å². The Kier molecular flexibility index (Phi) is 5.54. The zero-order valence-corrected chi connectivity index (χ0v) is 15.7. The van der Waals surface area contributed by atoms with E-state index < -0.39 is 0 Å². The van der Waals surface area contributed by atoms with Gasteiger partial charge in [0, 0.05) is 28.4 Å². The van der Waals surface area contributed by atoms with Crippen molar-refractivity contribution in [2.24, 2.45) is 0 Å². The maximum absolute atomic E-state index is 12.7. The first-order chi connectivity index (χ1) is 13.0. The smallest absolute Gasteiger partial charge is 0.170 e. The summed E-state index contributed by atoms with van der Waals surface area (Å²) in [6.07, 6.45) is 1.63. The average molecular weight is 377 g/mol. The van der Waals surface area contributed by atoms with Gasteiger partial charge in [-0.2, -0.15) is 5.26 Å². The molecule has 4 nitrogen and oxygen atoms in total. The number of hydrogen-bond donors (Lipinski definition) is 0. The zero-order chi connectivity index (χ0) is 19.4. The highest BCUT2D eigenvalue weighted by Gasteiger charge is 2.20. The number of carbonyl (C=O) groups excluding carboxylic acids is 1. The molecule has 0 amide bonds. The van der Waals surface area contributed by atoms with Gasteiger partial charge in [-0.1, -0.05) is 24.6 Å². The molecular weight excluding hydrogens is 360 g/mol. The Balaban J connectivity index is 1.79. The van der Waals surface area contributed by atoms with Crippen LogP contribution in [0.4, 0.5) is 0 Å². The van der Waals surface area contributed by atoms with E-state index in [1.807, 2.05) is 13.8 Å². The number of nitrogens with zero attached hydrogens (tertiary/aromatic N) is 2. The Bertz CT molecular complexity index is 1020. The number of hydrogen-bond acceptors (Lipinski definition) is 4. The largest absolute Gasteiger partial charge is 0.457 e. The standard InChI is InChI=1S/C22H17ClN2O2/c1-14-11-17(9-10-25-14)22(26)15(2)20-8-7-19(12-21(20)23)27-18-5-3-16(13-24)4-6-18/h3-12,15H,1-2H3. The lowest BCUT2D eigenvalue weighted by Crippen LogP contribution is -2.10. The van der Waals surface area contributed by atoms with Gasteiger partial charge in [0.1, 0.15) is 11.5 Å². The number of aromatic nitrogens is 1. The fourth-order valence-electron chi connectivity index (χ4n) is 2.75. The first kappa shape index (κ1) is 18.6. The molecule has 2 aromatic carbocycles. The van der Waals surface area contributed by atoms with Crippen LogP contribution in [0.2, 0.25) is 5.02 Å². The summed E-state index contributed by atoms with van der Waals surface area (Å²) in [7, 11) is 0. The van der Waals surface area contributed by atoms with Crippen LogP contribution < -0.4 is 4.74 Å². The molecule has 3 rings (SSSR count). The predicted molar refractivity (Wildman–Crippen MR) is 104 cm³/mol. The summed E-state index contributed by atoms with van der Waals surface area (Å²) in [4.78, 5) is 16.9. The average Bonchev–Trinajstić information content (AvgIpc) is 2.67. The lowest BCUT2D eigenvalue weighted by molar-refractivity contribution is 0.0966. The minimum atomic E-state index is -0.386. The van der Waals surface area contributed by atoms with Crippen LogP contribution in [0.1, 0.15) is 40.0 Å². The van der Waals surface area contributed by atoms with Gasteiger partial charge in [-0.15, -0.1) is 0 Å². The summed E-state index contributed by atoms with van der Waals surface area (Å²) in [5.41, 5.74) is 2.71. The summed E-state index contributed by atoms with van der Waals surface area (Å²) in [6, 6.07) is 17.6. The molecule has 1 unspecified atom stereocenters. The molecule has 3 aromatic rings. The third-order valence-electron chi connectivity index (χ3n) is 4.23. The first-order valence-electron chi connectivity index (χ1n) is 8.42. The van der Waals surface area contributed by atoms with Crippen molar-refractivity contribution in [2.45, 2.75) is 19.8 Å². The molecule has 0 N–H and O–H groups in total. The molecule has 0 spiro atoms.